The number of carbonyl (C=O) groups is 2. The number of nitrogens with zero attached hydrogens (tertiary/aromatic N) is 2. The van der Waals surface area contributed by atoms with Crippen LogP contribution in [0.3, 0.4) is 0 Å². The second-order valence-corrected chi connectivity index (χ2v) is 4.63. The third kappa shape index (κ3) is 2.47. The van der Waals surface area contributed by atoms with Crippen LogP contribution in [0.2, 0.25) is 0 Å². The van der Waals surface area contributed by atoms with Crippen LogP contribution >= 0.6 is 0 Å². The summed E-state index contributed by atoms with van der Waals surface area (Å²) in [6, 6.07) is 7.49. The summed E-state index contributed by atoms with van der Waals surface area (Å²) in [5.74, 6) is -0.153. The van der Waals surface area contributed by atoms with Gasteiger partial charge in [-0.2, -0.15) is 0 Å². The molecule has 18 heavy (non-hydrogen) atoms. The molecule has 1 aromatic rings. The highest BCUT2D eigenvalue weighted by atomic mass is 16.2. The molecule has 0 atom stereocenters. The van der Waals surface area contributed by atoms with E-state index in [-0.39, 0.29) is 30.7 Å². The molecular weight excluding hydrogens is 228 g/mol. The number of anilines is 1. The Morgan fingerprint density at radius 2 is 2.11 bits per heavy atom. The van der Waals surface area contributed by atoms with Crippen LogP contribution in [0.1, 0.15) is 19.4 Å². The lowest BCUT2D eigenvalue weighted by molar-refractivity contribution is -0.123. The largest absolute Gasteiger partial charge is 0.303 e. The summed E-state index contributed by atoms with van der Waals surface area (Å²) >= 11 is 0. The molecule has 0 aromatic heterocycles. The van der Waals surface area contributed by atoms with Crippen LogP contribution in [0.15, 0.2) is 29.3 Å². The van der Waals surface area contributed by atoms with Gasteiger partial charge in [0.2, 0.25) is 5.91 Å². The minimum atomic E-state index is -0.134. The van der Waals surface area contributed by atoms with Gasteiger partial charge < -0.3 is 4.90 Å². The van der Waals surface area contributed by atoms with Crippen LogP contribution in [0, 0.1) is 5.92 Å². The smallest absolute Gasteiger partial charge is 0.249 e. The van der Waals surface area contributed by atoms with E-state index in [1.54, 1.807) is 6.21 Å². The van der Waals surface area contributed by atoms with Crippen molar-refractivity contribution < 1.29 is 9.59 Å². The number of hydrogen-bond acceptors (Lipinski definition) is 3. The fraction of sp³-hybridized carbons (Fsp3) is 0.357. The van der Waals surface area contributed by atoms with Crippen molar-refractivity contribution in [3.63, 3.8) is 0 Å². The topological polar surface area (TPSA) is 49.7 Å². The Bertz CT molecular complexity index is 506. The van der Waals surface area contributed by atoms with Gasteiger partial charge in [0.05, 0.1) is 12.2 Å². The van der Waals surface area contributed by atoms with E-state index in [0.29, 0.717) is 0 Å². The molecule has 1 aliphatic rings. The summed E-state index contributed by atoms with van der Waals surface area (Å²) in [5, 5.41) is 0. The number of carbonyl (C=O) groups excluding carboxylic acids is 2. The number of amides is 1. The van der Waals surface area contributed by atoms with Crippen molar-refractivity contribution in [2.75, 3.05) is 18.0 Å². The molecule has 0 radical (unpaired) electrons. The Morgan fingerprint density at radius 1 is 1.39 bits per heavy atom. The van der Waals surface area contributed by atoms with Crippen molar-refractivity contribution in [2.24, 2.45) is 10.9 Å². The van der Waals surface area contributed by atoms with Gasteiger partial charge in [0, 0.05) is 17.7 Å². The van der Waals surface area contributed by atoms with Crippen molar-refractivity contribution >= 4 is 23.6 Å². The zero-order chi connectivity index (χ0) is 13.1. The maximum atomic E-state index is 12.0. The average Bonchev–Trinajstić information content (AvgIpc) is 2.50. The lowest BCUT2D eigenvalue weighted by atomic mass is 10.1. The van der Waals surface area contributed by atoms with Crippen molar-refractivity contribution in [3.05, 3.63) is 29.8 Å². The fourth-order valence-corrected chi connectivity index (χ4v) is 1.80. The molecule has 0 N–H and O–H groups in total. The van der Waals surface area contributed by atoms with Gasteiger partial charge >= 0.3 is 0 Å². The zero-order valence-corrected chi connectivity index (χ0v) is 10.6. The van der Waals surface area contributed by atoms with E-state index < -0.39 is 0 Å². The van der Waals surface area contributed by atoms with Gasteiger partial charge in [-0.25, -0.2) is 0 Å². The lowest BCUT2D eigenvalue weighted by Crippen LogP contribution is -2.38. The molecule has 0 saturated carbocycles. The number of fused-ring (bicyclic) bond motifs is 1. The van der Waals surface area contributed by atoms with Crippen LogP contribution < -0.4 is 4.90 Å². The standard InChI is InChI=1S/C14H16N2O2/c1-10(2)13(17)9-16-12-6-4-3-5-11(12)7-15-8-14(16)18/h3-7,10H,8-9H2,1-2H3. The number of Topliss-reactive ketones (excluding diaryl/α,β-unsaturated/α-hetero) is 1. The molecule has 4 heteroatoms. The second kappa shape index (κ2) is 5.12. The van der Waals surface area contributed by atoms with Gasteiger partial charge in [-0.1, -0.05) is 32.0 Å². The Kier molecular flexibility index (Phi) is 3.55. The van der Waals surface area contributed by atoms with E-state index in [2.05, 4.69) is 4.99 Å². The van der Waals surface area contributed by atoms with E-state index in [0.717, 1.165) is 11.3 Å². The summed E-state index contributed by atoms with van der Waals surface area (Å²) in [7, 11) is 0. The average molecular weight is 244 g/mol. The van der Waals surface area contributed by atoms with Gasteiger partial charge in [0.15, 0.2) is 5.78 Å². The first-order valence-electron chi connectivity index (χ1n) is 6.01. The molecular formula is C14H16N2O2. The molecule has 1 aromatic carbocycles. The second-order valence-electron chi connectivity index (χ2n) is 4.63. The number of para-hydroxylation sites is 1. The monoisotopic (exact) mass is 244 g/mol. The third-order valence-corrected chi connectivity index (χ3v) is 2.94. The Morgan fingerprint density at radius 3 is 2.83 bits per heavy atom. The van der Waals surface area contributed by atoms with Crippen LogP contribution in [-0.4, -0.2) is 31.0 Å². The van der Waals surface area contributed by atoms with Gasteiger partial charge in [-0.15, -0.1) is 0 Å². The van der Waals surface area contributed by atoms with Crippen molar-refractivity contribution in [2.45, 2.75) is 13.8 Å². The van der Waals surface area contributed by atoms with Crippen LogP contribution in [0.5, 0.6) is 0 Å². The quantitative estimate of drug-likeness (QED) is 0.812. The van der Waals surface area contributed by atoms with Crippen molar-refractivity contribution in [3.8, 4) is 0 Å². The van der Waals surface area contributed by atoms with E-state index in [1.807, 2.05) is 38.1 Å². The number of hydrogen-bond donors (Lipinski definition) is 0. The number of rotatable bonds is 3. The highest BCUT2D eigenvalue weighted by molar-refractivity contribution is 6.06. The molecule has 0 aliphatic carbocycles. The molecule has 0 spiro atoms. The summed E-state index contributed by atoms with van der Waals surface area (Å²) in [6.45, 7) is 3.90. The highest BCUT2D eigenvalue weighted by Gasteiger charge is 2.23. The molecule has 4 nitrogen and oxygen atoms in total. The van der Waals surface area contributed by atoms with Gasteiger partial charge in [0.1, 0.15) is 6.54 Å². The number of benzodiazepines with no additional fused rings is 1. The van der Waals surface area contributed by atoms with E-state index in [9.17, 15) is 9.59 Å². The number of benzene rings is 1. The summed E-state index contributed by atoms with van der Waals surface area (Å²) in [4.78, 5) is 29.4. The zero-order valence-electron chi connectivity index (χ0n) is 10.6. The maximum Gasteiger partial charge on any atom is 0.249 e. The molecule has 2 rings (SSSR count). The Labute approximate surface area is 106 Å². The molecule has 0 unspecified atom stereocenters. The summed E-state index contributed by atoms with van der Waals surface area (Å²) in [5.41, 5.74) is 1.64. The molecule has 0 saturated heterocycles. The Hall–Kier alpha value is -1.97. The molecule has 94 valence electrons. The summed E-state index contributed by atoms with van der Waals surface area (Å²) in [6.07, 6.45) is 1.69. The van der Waals surface area contributed by atoms with Crippen LogP contribution in [0.4, 0.5) is 5.69 Å². The molecule has 0 fully saturated rings. The van der Waals surface area contributed by atoms with E-state index >= 15 is 0 Å². The molecule has 1 heterocycles. The first-order valence-corrected chi connectivity index (χ1v) is 6.01. The number of ketones is 1. The SMILES string of the molecule is CC(C)C(=O)CN1C(=O)CN=Cc2ccccc21. The predicted octanol–water partition coefficient (Wildman–Crippen LogP) is 1.68. The summed E-state index contributed by atoms with van der Waals surface area (Å²) < 4.78 is 0. The number of aliphatic imine (C=N–C) groups is 1. The third-order valence-electron chi connectivity index (χ3n) is 2.94. The molecule has 0 bridgehead atoms. The van der Waals surface area contributed by atoms with Crippen LogP contribution in [-0.2, 0) is 9.59 Å². The minimum absolute atomic E-state index is 0.0556. The predicted molar refractivity (Wildman–Crippen MR) is 71.1 cm³/mol. The van der Waals surface area contributed by atoms with Crippen molar-refractivity contribution in [1.82, 2.24) is 0 Å². The van der Waals surface area contributed by atoms with E-state index in [4.69, 9.17) is 0 Å². The van der Waals surface area contributed by atoms with Crippen LogP contribution in [0.25, 0.3) is 0 Å². The first kappa shape index (κ1) is 12.5. The molecule has 1 aliphatic heterocycles. The minimum Gasteiger partial charge on any atom is -0.303 e. The highest BCUT2D eigenvalue weighted by Crippen LogP contribution is 2.21. The fourth-order valence-electron chi connectivity index (χ4n) is 1.80. The normalized spacial score (nSPS) is 14.6. The van der Waals surface area contributed by atoms with Crippen molar-refractivity contribution in [1.29, 1.82) is 0 Å². The first-order chi connectivity index (χ1) is 8.59. The van der Waals surface area contributed by atoms with Gasteiger partial charge in [0.25, 0.3) is 0 Å². The van der Waals surface area contributed by atoms with Gasteiger partial charge in [-0.3, -0.25) is 14.6 Å². The lowest BCUT2D eigenvalue weighted by Gasteiger charge is -2.22. The maximum absolute atomic E-state index is 12.0. The van der Waals surface area contributed by atoms with E-state index in [1.165, 1.54) is 4.90 Å². The van der Waals surface area contributed by atoms with Gasteiger partial charge in [-0.05, 0) is 6.07 Å². The Balaban J connectivity index is 2.34. The molecule has 1 amide bonds.